The normalized spacial score (nSPS) is 11.9. The van der Waals surface area contributed by atoms with Crippen LogP contribution in [0.25, 0.3) is 0 Å². The molecule has 0 aliphatic rings. The van der Waals surface area contributed by atoms with E-state index in [1.54, 1.807) is 0 Å². The number of hydrogen-bond acceptors (Lipinski definition) is 3. The molecule has 0 saturated heterocycles. The van der Waals surface area contributed by atoms with Gasteiger partial charge in [0.2, 0.25) is 0 Å². The molecule has 22 heavy (non-hydrogen) atoms. The molecule has 4 heteroatoms. The summed E-state index contributed by atoms with van der Waals surface area (Å²) in [5.41, 5.74) is 0. The van der Waals surface area contributed by atoms with E-state index in [0.29, 0.717) is 6.42 Å². The van der Waals surface area contributed by atoms with E-state index < -0.39 is 12.1 Å². The van der Waals surface area contributed by atoms with Crippen LogP contribution < -0.4 is 56.5 Å². The largest absolute Gasteiger partial charge is 1.00 e. The van der Waals surface area contributed by atoms with Crippen LogP contribution in [-0.4, -0.2) is 17.2 Å². The molecule has 0 saturated carbocycles. The van der Waals surface area contributed by atoms with Crippen LogP contribution in [-0.2, 0) is 4.79 Å². The van der Waals surface area contributed by atoms with E-state index in [9.17, 15) is 15.0 Å². The van der Waals surface area contributed by atoms with E-state index in [-0.39, 0.29) is 57.8 Å². The van der Waals surface area contributed by atoms with Crippen LogP contribution in [0.4, 0.5) is 0 Å². The molecule has 0 aliphatic carbocycles. The van der Waals surface area contributed by atoms with Crippen molar-refractivity contribution in [2.24, 2.45) is 0 Å². The summed E-state index contributed by atoms with van der Waals surface area (Å²) in [6.07, 6.45) is 16.5. The minimum Gasteiger partial charge on any atom is -0.550 e. The predicted molar refractivity (Wildman–Crippen MR) is 85.9 cm³/mol. The Morgan fingerprint density at radius 2 is 1.18 bits per heavy atom. The number of carbonyl (C=O) groups excluding carboxylic acids is 1. The van der Waals surface area contributed by atoms with E-state index in [1.165, 1.54) is 70.6 Å². The summed E-state index contributed by atoms with van der Waals surface area (Å²) in [5, 5.41) is 19.6. The van der Waals surface area contributed by atoms with Crippen molar-refractivity contribution >= 4 is 5.97 Å². The van der Waals surface area contributed by atoms with Gasteiger partial charge in [0.15, 0.2) is 0 Å². The van der Waals surface area contributed by atoms with E-state index in [4.69, 9.17) is 0 Å². The Balaban J connectivity index is 0. The number of hydrogen-bond donors (Lipinski definition) is 1. The van der Waals surface area contributed by atoms with E-state index >= 15 is 0 Å². The number of carboxylic acids is 1. The average Bonchev–Trinajstić information content (AvgIpc) is 2.43. The third-order valence-electron chi connectivity index (χ3n) is 4.04. The predicted octanol–water partition coefficient (Wildman–Crippen LogP) is 0.973. The van der Waals surface area contributed by atoms with E-state index in [1.807, 2.05) is 0 Å². The molecule has 126 valence electrons. The van der Waals surface area contributed by atoms with Gasteiger partial charge in [0.1, 0.15) is 0 Å². The monoisotopic (exact) mass is 338 g/mol. The third kappa shape index (κ3) is 21.1. The zero-order valence-corrected chi connectivity index (χ0v) is 18.1. The van der Waals surface area contributed by atoms with Crippen molar-refractivity contribution in [3.05, 3.63) is 0 Å². The van der Waals surface area contributed by atoms with Crippen molar-refractivity contribution in [2.75, 3.05) is 0 Å². The Bertz CT molecular complexity index is 234. The summed E-state index contributed by atoms with van der Waals surface area (Å²) in [4.78, 5) is 10.3. The van der Waals surface area contributed by atoms with Gasteiger partial charge in [-0.15, -0.1) is 0 Å². The molecule has 3 nitrogen and oxygen atoms in total. The molecule has 0 amide bonds. The summed E-state index contributed by atoms with van der Waals surface area (Å²) < 4.78 is 0. The summed E-state index contributed by atoms with van der Waals surface area (Å²) in [5.74, 6) is -1.16. The number of rotatable bonds is 16. The molecule has 0 aliphatic heterocycles. The minimum absolute atomic E-state index is 0. The van der Waals surface area contributed by atoms with Gasteiger partial charge >= 0.3 is 51.4 Å². The van der Waals surface area contributed by atoms with E-state index in [0.717, 1.165) is 12.8 Å². The Morgan fingerprint density at radius 1 is 0.818 bits per heavy atom. The fourth-order valence-electron chi connectivity index (χ4n) is 2.69. The van der Waals surface area contributed by atoms with Gasteiger partial charge in [-0.1, -0.05) is 90.4 Å². The first-order chi connectivity index (χ1) is 10.2. The molecule has 0 bridgehead atoms. The standard InChI is InChI=1S/C18H36O3.K/c1-2-3-4-5-6-7-8-9-10-11-12-13-14-15-17(19)16-18(20)21;/h17,19H,2-16H2,1H3,(H,20,21);/q;+1/p-1. The first-order valence-corrected chi connectivity index (χ1v) is 9.04. The zero-order valence-electron chi connectivity index (χ0n) is 14.9. The molecule has 1 atom stereocenters. The molecule has 0 aromatic carbocycles. The van der Waals surface area contributed by atoms with Gasteiger partial charge in [0.25, 0.3) is 0 Å². The zero-order chi connectivity index (χ0) is 15.8. The third-order valence-corrected chi connectivity index (χ3v) is 4.04. The maximum Gasteiger partial charge on any atom is 1.00 e. The molecule has 0 rings (SSSR count). The van der Waals surface area contributed by atoms with Crippen molar-refractivity contribution in [1.82, 2.24) is 0 Å². The quantitative estimate of drug-likeness (QED) is 0.337. The fraction of sp³-hybridized carbons (Fsp3) is 0.944. The first-order valence-electron chi connectivity index (χ1n) is 9.04. The minimum atomic E-state index is -1.16. The second-order valence-electron chi connectivity index (χ2n) is 6.26. The molecule has 1 N–H and O–H groups in total. The Labute approximate surface area is 180 Å². The molecule has 0 heterocycles. The second kappa shape index (κ2) is 20.1. The molecular weight excluding hydrogens is 303 g/mol. The summed E-state index contributed by atoms with van der Waals surface area (Å²) >= 11 is 0. The van der Waals surface area contributed by atoms with Crippen LogP contribution in [0.1, 0.15) is 103 Å². The summed E-state index contributed by atoms with van der Waals surface area (Å²) in [7, 11) is 0. The van der Waals surface area contributed by atoms with Gasteiger partial charge in [0.05, 0.1) is 6.10 Å². The Kier molecular flexibility index (Phi) is 23.1. The van der Waals surface area contributed by atoms with Crippen molar-refractivity contribution in [3.63, 3.8) is 0 Å². The second-order valence-corrected chi connectivity index (χ2v) is 6.26. The first kappa shape index (κ1) is 25.3. The maximum absolute atomic E-state index is 10.3. The fourth-order valence-corrected chi connectivity index (χ4v) is 2.69. The van der Waals surface area contributed by atoms with Crippen molar-refractivity contribution in [3.8, 4) is 0 Å². The number of aliphatic hydroxyl groups is 1. The molecule has 0 spiro atoms. The van der Waals surface area contributed by atoms with Gasteiger partial charge in [0, 0.05) is 12.4 Å². The van der Waals surface area contributed by atoms with Crippen molar-refractivity contribution in [2.45, 2.75) is 109 Å². The number of unbranched alkanes of at least 4 members (excludes halogenated alkanes) is 12. The average molecular weight is 339 g/mol. The van der Waals surface area contributed by atoms with Crippen LogP contribution >= 0.6 is 0 Å². The number of carboxylic acid groups (broad SMARTS) is 1. The summed E-state index contributed by atoms with van der Waals surface area (Å²) in [6.45, 7) is 2.25. The molecule has 0 aromatic rings. The Hall–Kier alpha value is 1.07. The van der Waals surface area contributed by atoms with E-state index in [2.05, 4.69) is 6.92 Å². The van der Waals surface area contributed by atoms with Gasteiger partial charge in [-0.05, 0) is 6.42 Å². The Morgan fingerprint density at radius 3 is 1.55 bits per heavy atom. The SMILES string of the molecule is CCCCCCCCCCCCCCCC(O)CC(=O)[O-].[K+]. The summed E-state index contributed by atoms with van der Waals surface area (Å²) in [6, 6.07) is 0. The topological polar surface area (TPSA) is 60.4 Å². The number of aliphatic hydroxyl groups excluding tert-OH is 1. The van der Waals surface area contributed by atoms with Gasteiger partial charge < -0.3 is 15.0 Å². The van der Waals surface area contributed by atoms with Crippen LogP contribution in [0.5, 0.6) is 0 Å². The van der Waals surface area contributed by atoms with Crippen LogP contribution in [0.3, 0.4) is 0 Å². The number of carbonyl (C=O) groups is 1. The van der Waals surface area contributed by atoms with Crippen LogP contribution in [0, 0.1) is 0 Å². The van der Waals surface area contributed by atoms with Gasteiger partial charge in [-0.3, -0.25) is 0 Å². The molecule has 1 unspecified atom stereocenters. The van der Waals surface area contributed by atoms with Crippen molar-refractivity contribution in [1.29, 1.82) is 0 Å². The molecule has 0 aromatic heterocycles. The number of aliphatic carboxylic acids is 1. The molecular formula is C18H35KO3. The maximum atomic E-state index is 10.3. The smallest absolute Gasteiger partial charge is 0.550 e. The van der Waals surface area contributed by atoms with Gasteiger partial charge in [-0.25, -0.2) is 0 Å². The van der Waals surface area contributed by atoms with Crippen LogP contribution in [0.2, 0.25) is 0 Å². The van der Waals surface area contributed by atoms with Gasteiger partial charge in [-0.2, -0.15) is 0 Å². The molecule has 0 fully saturated rings. The van der Waals surface area contributed by atoms with Crippen molar-refractivity contribution < 1.29 is 66.4 Å². The van der Waals surface area contributed by atoms with Crippen LogP contribution in [0.15, 0.2) is 0 Å². The molecule has 0 radical (unpaired) electrons.